The monoisotopic (exact) mass is 369 g/mol. The van der Waals surface area contributed by atoms with Crippen molar-refractivity contribution in [1.29, 1.82) is 0 Å². The molecule has 1 aliphatic rings. The summed E-state index contributed by atoms with van der Waals surface area (Å²) in [7, 11) is 0. The third-order valence-corrected chi connectivity index (χ3v) is 5.11. The first kappa shape index (κ1) is 16.8. The van der Waals surface area contributed by atoms with Gasteiger partial charge in [0.2, 0.25) is 0 Å². The Bertz CT molecular complexity index is 974. The highest BCUT2D eigenvalue weighted by molar-refractivity contribution is 7.14. The first-order chi connectivity index (χ1) is 12.5. The zero-order valence-corrected chi connectivity index (χ0v) is 15.6. The average Bonchev–Trinajstić information content (AvgIpc) is 3.32. The molecule has 6 nitrogen and oxygen atoms in total. The van der Waals surface area contributed by atoms with Gasteiger partial charge >= 0.3 is 0 Å². The van der Waals surface area contributed by atoms with Gasteiger partial charge in [-0.3, -0.25) is 10.1 Å². The largest absolute Gasteiger partial charge is 0.493 e. The maximum absolute atomic E-state index is 12.7. The summed E-state index contributed by atoms with van der Waals surface area (Å²) in [5, 5.41) is 9.28. The standard InChI is InChI=1S/C19H19N3O3S/c1-10(2)17-16(11(3)22-25-17)18(23)21-19-20-14(9-26-19)12-4-5-15-13(8-12)6-7-24-15/h4-5,8-10H,6-7H2,1-3H3,(H,20,21,23). The highest BCUT2D eigenvalue weighted by Crippen LogP contribution is 2.32. The second-order valence-electron chi connectivity index (χ2n) is 6.57. The topological polar surface area (TPSA) is 77.3 Å². The van der Waals surface area contributed by atoms with E-state index in [2.05, 4.69) is 21.5 Å². The Kier molecular flexibility index (Phi) is 4.24. The number of aryl methyl sites for hydroxylation is 1. The molecule has 0 bridgehead atoms. The fourth-order valence-corrected chi connectivity index (χ4v) is 3.74. The number of anilines is 1. The number of benzene rings is 1. The zero-order chi connectivity index (χ0) is 18.3. The van der Waals surface area contributed by atoms with E-state index < -0.39 is 0 Å². The quantitative estimate of drug-likeness (QED) is 0.737. The van der Waals surface area contributed by atoms with Gasteiger partial charge in [-0.05, 0) is 30.7 Å². The van der Waals surface area contributed by atoms with Crippen molar-refractivity contribution in [3.8, 4) is 17.0 Å². The molecule has 134 valence electrons. The second-order valence-corrected chi connectivity index (χ2v) is 7.43. The Morgan fingerprint density at radius 1 is 1.35 bits per heavy atom. The Hall–Kier alpha value is -2.67. The molecule has 0 saturated carbocycles. The number of nitrogens with one attached hydrogen (secondary N) is 1. The van der Waals surface area contributed by atoms with Gasteiger partial charge < -0.3 is 9.26 Å². The third-order valence-electron chi connectivity index (χ3n) is 4.35. The predicted octanol–water partition coefficient (Wildman–Crippen LogP) is 4.42. The predicted molar refractivity (Wildman–Crippen MR) is 100 cm³/mol. The molecular weight excluding hydrogens is 350 g/mol. The summed E-state index contributed by atoms with van der Waals surface area (Å²) in [6, 6.07) is 6.07. The molecule has 26 heavy (non-hydrogen) atoms. The van der Waals surface area contributed by atoms with Gasteiger partial charge in [0, 0.05) is 23.3 Å². The molecule has 0 radical (unpaired) electrons. The molecule has 0 unspecified atom stereocenters. The lowest BCUT2D eigenvalue weighted by molar-refractivity contribution is 0.102. The van der Waals surface area contributed by atoms with Crippen LogP contribution < -0.4 is 10.1 Å². The molecular formula is C19H19N3O3S. The van der Waals surface area contributed by atoms with Crippen LogP contribution in [0.4, 0.5) is 5.13 Å². The van der Waals surface area contributed by atoms with E-state index in [1.54, 1.807) is 6.92 Å². The van der Waals surface area contributed by atoms with Crippen molar-refractivity contribution >= 4 is 22.4 Å². The molecule has 1 aliphatic heterocycles. The van der Waals surface area contributed by atoms with Gasteiger partial charge in [-0.1, -0.05) is 19.0 Å². The van der Waals surface area contributed by atoms with E-state index in [4.69, 9.17) is 9.26 Å². The SMILES string of the molecule is Cc1noc(C(C)C)c1C(=O)Nc1nc(-c2ccc3c(c2)CCO3)cs1. The van der Waals surface area contributed by atoms with Crippen LogP contribution in [-0.2, 0) is 6.42 Å². The van der Waals surface area contributed by atoms with Crippen molar-refractivity contribution in [3.63, 3.8) is 0 Å². The molecule has 0 aliphatic carbocycles. The number of hydrogen-bond acceptors (Lipinski definition) is 6. The molecule has 1 N–H and O–H groups in total. The van der Waals surface area contributed by atoms with Crippen LogP contribution in [0.15, 0.2) is 28.1 Å². The maximum Gasteiger partial charge on any atom is 0.262 e. The van der Waals surface area contributed by atoms with Gasteiger partial charge in [0.05, 0.1) is 18.0 Å². The van der Waals surface area contributed by atoms with Crippen molar-refractivity contribution < 1.29 is 14.1 Å². The number of nitrogens with zero attached hydrogens (tertiary/aromatic N) is 2. The lowest BCUT2D eigenvalue weighted by Crippen LogP contribution is -2.14. The zero-order valence-electron chi connectivity index (χ0n) is 14.8. The average molecular weight is 369 g/mol. The summed E-state index contributed by atoms with van der Waals surface area (Å²) in [4.78, 5) is 17.2. The van der Waals surface area contributed by atoms with E-state index >= 15 is 0 Å². The Balaban J connectivity index is 1.56. The second kappa shape index (κ2) is 6.57. The minimum Gasteiger partial charge on any atom is -0.493 e. The minimum atomic E-state index is -0.240. The fourth-order valence-electron chi connectivity index (χ4n) is 3.03. The van der Waals surface area contributed by atoms with Gasteiger partial charge in [-0.25, -0.2) is 4.98 Å². The molecule has 2 aromatic heterocycles. The van der Waals surface area contributed by atoms with Crippen LogP contribution >= 0.6 is 11.3 Å². The normalized spacial score (nSPS) is 12.9. The van der Waals surface area contributed by atoms with Crippen LogP contribution in [0, 0.1) is 6.92 Å². The number of fused-ring (bicyclic) bond motifs is 1. The number of carbonyl (C=O) groups excluding carboxylic acids is 1. The van der Waals surface area contributed by atoms with Crippen molar-refractivity contribution in [2.75, 3.05) is 11.9 Å². The van der Waals surface area contributed by atoms with Crippen molar-refractivity contribution in [3.05, 3.63) is 46.2 Å². The number of aromatic nitrogens is 2. The van der Waals surface area contributed by atoms with Gasteiger partial charge in [-0.15, -0.1) is 11.3 Å². The van der Waals surface area contributed by atoms with Gasteiger partial charge in [0.25, 0.3) is 5.91 Å². The molecule has 0 atom stereocenters. The number of rotatable bonds is 4. The van der Waals surface area contributed by atoms with Crippen molar-refractivity contribution in [1.82, 2.24) is 10.1 Å². The number of thiazole rings is 1. The van der Waals surface area contributed by atoms with E-state index in [0.29, 0.717) is 22.1 Å². The summed E-state index contributed by atoms with van der Waals surface area (Å²) < 4.78 is 10.8. The summed E-state index contributed by atoms with van der Waals surface area (Å²) in [5.41, 5.74) is 4.14. The summed E-state index contributed by atoms with van der Waals surface area (Å²) in [6.45, 7) is 6.43. The highest BCUT2D eigenvalue weighted by atomic mass is 32.1. The molecule has 0 fully saturated rings. The summed E-state index contributed by atoms with van der Waals surface area (Å²) >= 11 is 1.40. The molecule has 1 amide bonds. The minimum absolute atomic E-state index is 0.0810. The molecule has 1 aromatic carbocycles. The number of ether oxygens (including phenoxy) is 1. The third kappa shape index (κ3) is 2.99. The van der Waals surface area contributed by atoms with Gasteiger partial charge in [0.1, 0.15) is 11.3 Å². The highest BCUT2D eigenvalue weighted by Gasteiger charge is 2.23. The van der Waals surface area contributed by atoms with Crippen molar-refractivity contribution in [2.24, 2.45) is 0 Å². The Morgan fingerprint density at radius 2 is 2.19 bits per heavy atom. The maximum atomic E-state index is 12.7. The van der Waals surface area contributed by atoms with E-state index in [-0.39, 0.29) is 11.8 Å². The van der Waals surface area contributed by atoms with Crippen LogP contribution in [0.5, 0.6) is 5.75 Å². The van der Waals surface area contributed by atoms with Gasteiger partial charge in [-0.2, -0.15) is 0 Å². The molecule has 7 heteroatoms. The Labute approximate surface area is 155 Å². The fraction of sp³-hybridized carbons (Fsp3) is 0.316. The van der Waals surface area contributed by atoms with Crippen LogP contribution in [0.1, 0.15) is 47.1 Å². The van der Waals surface area contributed by atoms with E-state index in [0.717, 1.165) is 30.0 Å². The number of hydrogen-bond donors (Lipinski definition) is 1. The van der Waals surface area contributed by atoms with Crippen LogP contribution in [-0.4, -0.2) is 22.7 Å². The Morgan fingerprint density at radius 3 is 3.00 bits per heavy atom. The van der Waals surface area contributed by atoms with E-state index in [1.165, 1.54) is 16.9 Å². The van der Waals surface area contributed by atoms with E-state index in [9.17, 15) is 4.79 Å². The molecule has 3 heterocycles. The van der Waals surface area contributed by atoms with Gasteiger partial charge in [0.15, 0.2) is 10.9 Å². The van der Waals surface area contributed by atoms with Crippen LogP contribution in [0.2, 0.25) is 0 Å². The molecule has 0 saturated heterocycles. The lowest BCUT2D eigenvalue weighted by atomic mass is 10.0. The molecule has 3 aromatic rings. The van der Waals surface area contributed by atoms with Crippen LogP contribution in [0.3, 0.4) is 0 Å². The molecule has 4 rings (SSSR count). The lowest BCUT2D eigenvalue weighted by Gasteiger charge is -2.05. The molecule has 0 spiro atoms. The number of amides is 1. The van der Waals surface area contributed by atoms with Crippen LogP contribution in [0.25, 0.3) is 11.3 Å². The smallest absolute Gasteiger partial charge is 0.262 e. The summed E-state index contributed by atoms with van der Waals surface area (Å²) in [6.07, 6.45) is 0.918. The summed E-state index contributed by atoms with van der Waals surface area (Å²) in [5.74, 6) is 1.38. The first-order valence-corrected chi connectivity index (χ1v) is 9.40. The number of carbonyl (C=O) groups is 1. The van der Waals surface area contributed by atoms with E-state index in [1.807, 2.05) is 31.4 Å². The first-order valence-electron chi connectivity index (χ1n) is 8.52. The van der Waals surface area contributed by atoms with Crippen molar-refractivity contribution in [2.45, 2.75) is 33.1 Å².